The molecule has 124 valence electrons. The van der Waals surface area contributed by atoms with Crippen LogP contribution in [0.4, 0.5) is 5.69 Å². The van der Waals surface area contributed by atoms with Crippen LogP contribution in [-0.2, 0) is 4.79 Å². The van der Waals surface area contributed by atoms with Crippen molar-refractivity contribution < 1.29 is 14.3 Å². The van der Waals surface area contributed by atoms with Crippen molar-refractivity contribution in [3.05, 3.63) is 53.4 Å². The third-order valence-corrected chi connectivity index (χ3v) is 3.60. The number of carbonyl (C=O) groups excluding carboxylic acids is 1. The number of hydrogen-bond acceptors (Lipinski definition) is 4. The summed E-state index contributed by atoms with van der Waals surface area (Å²) in [4.78, 5) is 16.5. The number of amides is 1. The van der Waals surface area contributed by atoms with Crippen LogP contribution in [0.25, 0.3) is 5.65 Å². The van der Waals surface area contributed by atoms with E-state index in [0.717, 1.165) is 5.69 Å². The van der Waals surface area contributed by atoms with E-state index in [9.17, 15) is 4.79 Å². The van der Waals surface area contributed by atoms with Gasteiger partial charge in [-0.1, -0.05) is 11.6 Å². The summed E-state index contributed by atoms with van der Waals surface area (Å²) in [7, 11) is 1.52. The van der Waals surface area contributed by atoms with E-state index in [1.807, 2.05) is 29.8 Å². The van der Waals surface area contributed by atoms with Gasteiger partial charge in [-0.15, -0.1) is 0 Å². The van der Waals surface area contributed by atoms with Crippen LogP contribution in [0.1, 0.15) is 5.69 Å². The van der Waals surface area contributed by atoms with Gasteiger partial charge in [0.05, 0.1) is 18.5 Å². The Hall–Kier alpha value is -2.73. The smallest absolute Gasteiger partial charge is 0.262 e. The number of carbonyl (C=O) groups is 1. The molecule has 0 aliphatic heterocycles. The molecule has 24 heavy (non-hydrogen) atoms. The molecule has 0 radical (unpaired) electrons. The van der Waals surface area contributed by atoms with Crippen LogP contribution in [0.15, 0.2) is 42.7 Å². The molecule has 0 bridgehead atoms. The summed E-state index contributed by atoms with van der Waals surface area (Å²) in [5, 5.41) is 3.23. The predicted molar refractivity (Wildman–Crippen MR) is 92.1 cm³/mol. The van der Waals surface area contributed by atoms with Crippen molar-refractivity contribution in [2.75, 3.05) is 19.0 Å². The van der Waals surface area contributed by atoms with Gasteiger partial charge in [-0.25, -0.2) is 4.98 Å². The number of fused-ring (bicyclic) bond motifs is 1. The SMILES string of the molecule is COc1ccc(Cl)cc1NC(=O)COc1cccn2cc(C)nc12. The molecular weight excluding hydrogens is 330 g/mol. The van der Waals surface area contributed by atoms with Crippen LogP contribution in [0, 0.1) is 6.92 Å². The van der Waals surface area contributed by atoms with Crippen molar-refractivity contribution in [1.29, 1.82) is 0 Å². The van der Waals surface area contributed by atoms with Gasteiger partial charge in [0.1, 0.15) is 5.75 Å². The number of ether oxygens (including phenoxy) is 2. The molecule has 0 unspecified atom stereocenters. The average Bonchev–Trinajstić information content (AvgIpc) is 2.94. The van der Waals surface area contributed by atoms with Crippen LogP contribution in [0.5, 0.6) is 11.5 Å². The van der Waals surface area contributed by atoms with Gasteiger partial charge in [0.2, 0.25) is 0 Å². The van der Waals surface area contributed by atoms with Gasteiger partial charge in [0.15, 0.2) is 18.0 Å². The second kappa shape index (κ2) is 6.80. The third kappa shape index (κ3) is 3.44. The van der Waals surface area contributed by atoms with E-state index in [0.29, 0.717) is 27.9 Å². The highest BCUT2D eigenvalue weighted by Gasteiger charge is 2.11. The van der Waals surface area contributed by atoms with E-state index >= 15 is 0 Å². The molecule has 0 aliphatic rings. The number of benzene rings is 1. The number of anilines is 1. The number of hydrogen-bond donors (Lipinski definition) is 1. The topological polar surface area (TPSA) is 64.9 Å². The molecule has 0 spiro atoms. The van der Waals surface area contributed by atoms with Crippen molar-refractivity contribution in [3.63, 3.8) is 0 Å². The minimum atomic E-state index is -0.319. The summed E-state index contributed by atoms with van der Waals surface area (Å²) >= 11 is 5.95. The van der Waals surface area contributed by atoms with Crippen LogP contribution in [0.3, 0.4) is 0 Å². The third-order valence-electron chi connectivity index (χ3n) is 3.36. The standard InChI is InChI=1S/C17H16ClN3O3/c1-11-9-21-7-3-4-15(17(21)19-11)24-10-16(22)20-13-8-12(18)5-6-14(13)23-2/h3-9H,10H2,1-2H3,(H,20,22). The van der Waals surface area contributed by atoms with Crippen molar-refractivity contribution in [2.45, 2.75) is 6.92 Å². The number of aromatic nitrogens is 2. The van der Waals surface area contributed by atoms with Gasteiger partial charge in [0, 0.05) is 17.4 Å². The lowest BCUT2D eigenvalue weighted by atomic mass is 10.3. The Kier molecular flexibility index (Phi) is 4.57. The molecule has 7 heteroatoms. The Labute approximate surface area is 144 Å². The van der Waals surface area contributed by atoms with Crippen LogP contribution in [-0.4, -0.2) is 29.0 Å². The molecule has 3 rings (SSSR count). The molecule has 0 fully saturated rings. The summed E-state index contributed by atoms with van der Waals surface area (Å²) < 4.78 is 12.6. The number of methoxy groups -OCH3 is 1. The van der Waals surface area contributed by atoms with Crippen LogP contribution in [0.2, 0.25) is 5.02 Å². The summed E-state index contributed by atoms with van der Waals surface area (Å²) in [5.41, 5.74) is 2.04. The van der Waals surface area contributed by atoms with E-state index < -0.39 is 0 Å². The lowest BCUT2D eigenvalue weighted by molar-refractivity contribution is -0.118. The molecule has 0 aliphatic carbocycles. The monoisotopic (exact) mass is 345 g/mol. The number of nitrogens with zero attached hydrogens (tertiary/aromatic N) is 2. The maximum atomic E-state index is 12.1. The fourth-order valence-corrected chi connectivity index (χ4v) is 2.50. The second-order valence-electron chi connectivity index (χ2n) is 5.17. The number of rotatable bonds is 5. The largest absolute Gasteiger partial charge is 0.495 e. The number of imidazole rings is 1. The lowest BCUT2D eigenvalue weighted by Gasteiger charge is -2.11. The van der Waals surface area contributed by atoms with E-state index in [-0.39, 0.29) is 12.5 Å². The van der Waals surface area contributed by atoms with Crippen molar-refractivity contribution in [3.8, 4) is 11.5 Å². The van der Waals surface area contributed by atoms with E-state index in [2.05, 4.69) is 10.3 Å². The first-order chi connectivity index (χ1) is 11.6. The first-order valence-electron chi connectivity index (χ1n) is 7.27. The predicted octanol–water partition coefficient (Wildman–Crippen LogP) is 3.32. The highest BCUT2D eigenvalue weighted by molar-refractivity contribution is 6.31. The number of halogens is 1. The molecule has 1 N–H and O–H groups in total. The first kappa shape index (κ1) is 16.1. The van der Waals surface area contributed by atoms with Crippen LogP contribution < -0.4 is 14.8 Å². The van der Waals surface area contributed by atoms with Gasteiger partial charge >= 0.3 is 0 Å². The average molecular weight is 346 g/mol. The van der Waals surface area contributed by atoms with E-state index in [1.54, 1.807) is 24.3 Å². The maximum Gasteiger partial charge on any atom is 0.262 e. The number of aryl methyl sites for hydroxylation is 1. The quantitative estimate of drug-likeness (QED) is 0.770. The van der Waals surface area contributed by atoms with Crippen molar-refractivity contribution in [2.24, 2.45) is 0 Å². The van der Waals surface area contributed by atoms with Gasteiger partial charge in [-0.05, 0) is 37.3 Å². The molecule has 3 aromatic rings. The summed E-state index contributed by atoms with van der Waals surface area (Å²) in [5.74, 6) is 0.749. The Morgan fingerprint density at radius 2 is 2.17 bits per heavy atom. The zero-order valence-electron chi connectivity index (χ0n) is 13.2. The van der Waals surface area contributed by atoms with E-state index in [1.165, 1.54) is 7.11 Å². The Morgan fingerprint density at radius 3 is 2.96 bits per heavy atom. The summed E-state index contributed by atoms with van der Waals surface area (Å²) in [6.07, 6.45) is 3.76. The molecule has 0 atom stereocenters. The zero-order valence-corrected chi connectivity index (χ0v) is 14.0. The normalized spacial score (nSPS) is 10.6. The minimum Gasteiger partial charge on any atom is -0.495 e. The van der Waals surface area contributed by atoms with E-state index in [4.69, 9.17) is 21.1 Å². The van der Waals surface area contributed by atoms with Crippen molar-refractivity contribution in [1.82, 2.24) is 9.38 Å². The summed E-state index contributed by atoms with van der Waals surface area (Å²) in [6.45, 7) is 1.75. The molecular formula is C17H16ClN3O3. The maximum absolute atomic E-state index is 12.1. The number of nitrogens with one attached hydrogen (secondary N) is 1. The van der Waals surface area contributed by atoms with Gasteiger partial charge in [-0.3, -0.25) is 4.79 Å². The molecule has 1 amide bonds. The minimum absolute atomic E-state index is 0.152. The lowest BCUT2D eigenvalue weighted by Crippen LogP contribution is -2.20. The summed E-state index contributed by atoms with van der Waals surface area (Å²) in [6, 6.07) is 8.61. The highest BCUT2D eigenvalue weighted by atomic mass is 35.5. The van der Waals surface area contributed by atoms with Crippen LogP contribution >= 0.6 is 11.6 Å². The molecule has 2 aromatic heterocycles. The Balaban J connectivity index is 1.70. The Morgan fingerprint density at radius 1 is 1.33 bits per heavy atom. The van der Waals surface area contributed by atoms with Gasteiger partial charge < -0.3 is 19.2 Å². The fourth-order valence-electron chi connectivity index (χ4n) is 2.33. The first-order valence-corrected chi connectivity index (χ1v) is 7.65. The highest BCUT2D eigenvalue weighted by Crippen LogP contribution is 2.27. The molecule has 0 saturated heterocycles. The van der Waals surface area contributed by atoms with Gasteiger partial charge in [0.25, 0.3) is 5.91 Å². The second-order valence-corrected chi connectivity index (χ2v) is 5.60. The molecule has 6 nitrogen and oxygen atoms in total. The van der Waals surface area contributed by atoms with Gasteiger partial charge in [-0.2, -0.15) is 0 Å². The molecule has 2 heterocycles. The van der Waals surface area contributed by atoms with Crippen molar-refractivity contribution >= 4 is 28.8 Å². The number of pyridine rings is 1. The molecule has 0 saturated carbocycles. The zero-order chi connectivity index (χ0) is 17.1. The molecule has 1 aromatic carbocycles. The Bertz CT molecular complexity index is 892. The fraction of sp³-hybridized carbons (Fsp3) is 0.176.